The number of aryl methyl sites for hydroxylation is 2. The Morgan fingerprint density at radius 2 is 2.00 bits per heavy atom. The summed E-state index contributed by atoms with van der Waals surface area (Å²) in [6.45, 7) is 1.96. The third-order valence-corrected chi connectivity index (χ3v) is 7.48. The maximum atomic E-state index is 12.7. The molecule has 8 nitrogen and oxygen atoms in total. The van der Waals surface area contributed by atoms with Crippen LogP contribution in [0, 0.1) is 6.92 Å². The fourth-order valence-electron chi connectivity index (χ4n) is 3.66. The summed E-state index contributed by atoms with van der Waals surface area (Å²) >= 11 is 2.47. The van der Waals surface area contributed by atoms with Crippen LogP contribution in [0.25, 0.3) is 5.69 Å². The van der Waals surface area contributed by atoms with Crippen LogP contribution >= 0.6 is 23.1 Å². The van der Waals surface area contributed by atoms with Crippen molar-refractivity contribution in [3.8, 4) is 11.6 Å². The van der Waals surface area contributed by atoms with Crippen molar-refractivity contribution in [2.75, 3.05) is 18.2 Å². The van der Waals surface area contributed by atoms with Gasteiger partial charge in [0.15, 0.2) is 5.95 Å². The highest BCUT2D eigenvalue weighted by atomic mass is 32.2. The number of ether oxygens (including phenoxy) is 1. The van der Waals surface area contributed by atoms with E-state index in [9.17, 15) is 14.7 Å². The summed E-state index contributed by atoms with van der Waals surface area (Å²) in [4.78, 5) is 26.3. The maximum absolute atomic E-state index is 12.7. The first-order valence-corrected chi connectivity index (χ1v) is 12.1. The summed E-state index contributed by atoms with van der Waals surface area (Å²) in [5.41, 5.74) is 3.18. The van der Waals surface area contributed by atoms with Gasteiger partial charge in [0.1, 0.15) is 5.00 Å². The Hall–Kier alpha value is -2.85. The predicted octanol–water partition coefficient (Wildman–Crippen LogP) is 3.18. The Labute approximate surface area is 193 Å². The van der Waals surface area contributed by atoms with E-state index in [1.807, 2.05) is 31.2 Å². The average Bonchev–Trinajstić information content (AvgIpc) is 3.22. The van der Waals surface area contributed by atoms with Crippen LogP contribution in [-0.2, 0) is 22.4 Å². The number of amides is 1. The number of esters is 1. The molecular weight excluding hydrogens is 450 g/mol. The molecule has 4 rings (SSSR count). The zero-order valence-electron chi connectivity index (χ0n) is 17.8. The first-order chi connectivity index (χ1) is 15.5. The molecule has 0 saturated carbocycles. The molecule has 0 aliphatic heterocycles. The number of aromatic nitrogens is 2. The molecule has 1 aliphatic carbocycles. The smallest absolute Gasteiger partial charge is 0.341 e. The Morgan fingerprint density at radius 3 is 2.75 bits per heavy atom. The van der Waals surface area contributed by atoms with E-state index in [2.05, 4.69) is 10.6 Å². The highest BCUT2D eigenvalue weighted by molar-refractivity contribution is 7.99. The van der Waals surface area contributed by atoms with Gasteiger partial charge in [-0.25, -0.2) is 4.79 Å². The van der Waals surface area contributed by atoms with E-state index >= 15 is 0 Å². The Bertz CT molecular complexity index is 1140. The number of methoxy groups -OCH3 is 1. The maximum Gasteiger partial charge on any atom is 0.341 e. The molecule has 1 amide bonds. The molecule has 3 aromatic rings. The van der Waals surface area contributed by atoms with Gasteiger partial charge in [-0.1, -0.05) is 24.1 Å². The van der Waals surface area contributed by atoms with E-state index in [-0.39, 0.29) is 16.7 Å². The first kappa shape index (κ1) is 22.3. The topological polar surface area (TPSA) is 108 Å². The second-order valence-corrected chi connectivity index (χ2v) is 9.58. The highest BCUT2D eigenvalue weighted by Gasteiger charge is 2.27. The van der Waals surface area contributed by atoms with Gasteiger partial charge in [0.25, 0.3) is 5.03 Å². The first-order valence-electron chi connectivity index (χ1n) is 10.3. The molecule has 32 heavy (non-hydrogen) atoms. The average molecular weight is 474 g/mol. The molecule has 0 bridgehead atoms. The molecule has 0 fully saturated rings. The third-order valence-electron chi connectivity index (χ3n) is 5.25. The van der Waals surface area contributed by atoms with Gasteiger partial charge >= 0.3 is 5.97 Å². The van der Waals surface area contributed by atoms with Crippen molar-refractivity contribution in [2.45, 2.75) is 44.1 Å². The molecule has 10 heteroatoms. The van der Waals surface area contributed by atoms with Gasteiger partial charge in [0.2, 0.25) is 11.6 Å². The lowest BCUT2D eigenvalue weighted by molar-refractivity contribution is -0.705. The predicted molar refractivity (Wildman–Crippen MR) is 118 cm³/mol. The van der Waals surface area contributed by atoms with Gasteiger partial charge in [-0.3, -0.25) is 4.79 Å². The summed E-state index contributed by atoms with van der Waals surface area (Å²) in [5, 5.41) is 19.5. The van der Waals surface area contributed by atoms with Crippen LogP contribution in [0.2, 0.25) is 0 Å². The molecule has 1 aromatic carbocycles. The lowest BCUT2D eigenvalue weighted by Gasteiger charge is -2.07. The van der Waals surface area contributed by atoms with Gasteiger partial charge in [0, 0.05) is 17.0 Å². The summed E-state index contributed by atoms with van der Waals surface area (Å²) in [6.07, 6.45) is 4.90. The van der Waals surface area contributed by atoms with Gasteiger partial charge < -0.3 is 19.7 Å². The molecule has 0 spiro atoms. The molecule has 0 atom stereocenters. The number of hydrogen-bond acceptors (Lipinski definition) is 8. The summed E-state index contributed by atoms with van der Waals surface area (Å²) in [7, 11) is 1.34. The number of rotatable bonds is 6. The highest BCUT2D eigenvalue weighted by Crippen LogP contribution is 2.38. The number of anilines is 1. The second kappa shape index (κ2) is 9.74. The van der Waals surface area contributed by atoms with Crippen molar-refractivity contribution < 1.29 is 28.6 Å². The number of hydrogen-bond donors (Lipinski definition) is 1. The SMILES string of the molecule is COC(=O)c1c(NC(=O)CSc2c([O-])on[n+]2-c2ccc(C)cc2)sc2c1CCCCC2. The summed E-state index contributed by atoms with van der Waals surface area (Å²) in [5.74, 6) is -1.41. The number of benzene rings is 1. The fourth-order valence-corrected chi connectivity index (χ4v) is 5.71. The number of fused-ring (bicyclic) bond motifs is 1. The zero-order valence-corrected chi connectivity index (χ0v) is 19.4. The Balaban J connectivity index is 1.50. The number of carbonyl (C=O) groups is 2. The van der Waals surface area contributed by atoms with Crippen LogP contribution in [0.1, 0.15) is 45.6 Å². The molecule has 168 valence electrons. The van der Waals surface area contributed by atoms with E-state index < -0.39 is 11.9 Å². The van der Waals surface area contributed by atoms with Crippen LogP contribution in [0.15, 0.2) is 33.8 Å². The molecule has 2 heterocycles. The van der Waals surface area contributed by atoms with E-state index in [1.54, 1.807) is 0 Å². The Morgan fingerprint density at radius 1 is 1.25 bits per heavy atom. The van der Waals surface area contributed by atoms with Crippen molar-refractivity contribution in [3.63, 3.8) is 0 Å². The largest absolute Gasteiger partial charge is 0.538 e. The molecule has 0 saturated heterocycles. The van der Waals surface area contributed by atoms with E-state index in [0.717, 1.165) is 59.9 Å². The minimum atomic E-state index is -0.610. The number of carbonyl (C=O) groups excluding carboxylic acids is 2. The van der Waals surface area contributed by atoms with E-state index in [0.29, 0.717) is 16.3 Å². The van der Waals surface area contributed by atoms with Crippen molar-refractivity contribution >= 4 is 40.0 Å². The molecule has 2 aromatic heterocycles. The van der Waals surface area contributed by atoms with Crippen LogP contribution in [-0.4, -0.2) is 30.0 Å². The normalized spacial score (nSPS) is 13.3. The molecular formula is C22H23N3O5S2. The summed E-state index contributed by atoms with van der Waals surface area (Å²) in [6, 6.07) is 7.45. The van der Waals surface area contributed by atoms with Gasteiger partial charge in [-0.05, 0) is 54.6 Å². The summed E-state index contributed by atoms with van der Waals surface area (Å²) < 4.78 is 11.2. The number of nitrogens with zero attached hydrogens (tertiary/aromatic N) is 2. The van der Waals surface area contributed by atoms with Crippen LogP contribution in [0.5, 0.6) is 5.95 Å². The third kappa shape index (κ3) is 4.66. The van der Waals surface area contributed by atoms with Crippen LogP contribution in [0.3, 0.4) is 0 Å². The van der Waals surface area contributed by atoms with Gasteiger partial charge in [-0.2, -0.15) is 0 Å². The molecule has 1 aliphatic rings. The van der Waals surface area contributed by atoms with Crippen molar-refractivity contribution in [3.05, 3.63) is 45.8 Å². The quantitative estimate of drug-likeness (QED) is 0.253. The number of thiophene rings is 1. The van der Waals surface area contributed by atoms with Crippen molar-refractivity contribution in [2.24, 2.45) is 0 Å². The van der Waals surface area contributed by atoms with Crippen LogP contribution < -0.4 is 15.1 Å². The zero-order chi connectivity index (χ0) is 22.7. The lowest BCUT2D eigenvalue weighted by atomic mass is 10.1. The lowest BCUT2D eigenvalue weighted by Crippen LogP contribution is -2.35. The molecule has 0 unspecified atom stereocenters. The van der Waals surface area contributed by atoms with Crippen molar-refractivity contribution in [1.82, 2.24) is 5.27 Å². The number of thioether (sulfide) groups is 1. The minimum absolute atomic E-state index is 0.0362. The molecule has 1 N–H and O–H groups in total. The van der Waals surface area contributed by atoms with Crippen LogP contribution in [0.4, 0.5) is 5.00 Å². The van der Waals surface area contributed by atoms with E-state index in [4.69, 9.17) is 9.26 Å². The van der Waals surface area contributed by atoms with E-state index in [1.165, 1.54) is 23.1 Å². The fraction of sp³-hybridized carbons (Fsp3) is 0.364. The standard InChI is InChI=1S/C22H23N3O5S2/c1-13-8-10-14(11-9-13)25-20(22(28)30-24-25)31-12-17(26)23-19-18(21(27)29-2)15-6-4-3-5-7-16(15)32-19/h8-11H,3-7,12H2,1-2H3,(H-,23,24,26,27,28). The Kier molecular flexibility index (Phi) is 6.80. The molecule has 0 radical (unpaired) electrons. The van der Waals surface area contributed by atoms with Gasteiger partial charge in [0.05, 0.1) is 23.7 Å². The number of nitrogens with one attached hydrogen (secondary N) is 1. The van der Waals surface area contributed by atoms with Gasteiger partial charge in [-0.15, -0.1) is 11.3 Å². The van der Waals surface area contributed by atoms with Crippen molar-refractivity contribution in [1.29, 1.82) is 0 Å². The minimum Gasteiger partial charge on any atom is -0.538 e. The second-order valence-electron chi connectivity index (χ2n) is 7.51. The monoisotopic (exact) mass is 473 g/mol.